The third-order valence-corrected chi connectivity index (χ3v) is 12.4. The summed E-state index contributed by atoms with van der Waals surface area (Å²) in [6, 6.07) is 38.0. The van der Waals surface area contributed by atoms with Crippen LogP contribution in [0.3, 0.4) is 0 Å². The third-order valence-electron chi connectivity index (χ3n) is 12.0. The number of phenolic OH excluding ortho intramolecular Hbond substituents is 1. The Morgan fingerprint density at radius 1 is 0.889 bits per heavy atom. The highest BCUT2D eigenvalue weighted by atomic mass is 35.5. The van der Waals surface area contributed by atoms with Gasteiger partial charge in [0.2, 0.25) is 5.56 Å². The van der Waals surface area contributed by atoms with Gasteiger partial charge in [-0.05, 0) is 115 Å². The van der Waals surface area contributed by atoms with E-state index in [0.717, 1.165) is 54.7 Å². The van der Waals surface area contributed by atoms with Crippen molar-refractivity contribution in [3.05, 3.63) is 176 Å². The Balaban J connectivity index is 0.880. The van der Waals surface area contributed by atoms with Gasteiger partial charge in [0.25, 0.3) is 5.91 Å². The van der Waals surface area contributed by atoms with Crippen LogP contribution in [0, 0.1) is 5.92 Å². The van der Waals surface area contributed by atoms with Crippen LogP contribution in [0.4, 0.5) is 4.79 Å². The average molecular weight is 870 g/mol. The Kier molecular flexibility index (Phi) is 14.0. The Bertz CT molecular complexity index is 2560. The summed E-state index contributed by atoms with van der Waals surface area (Å²) in [5, 5.41) is 28.8. The summed E-state index contributed by atoms with van der Waals surface area (Å²) in [6.45, 7) is 4.67. The number of pyridine rings is 1. The second-order valence-electron chi connectivity index (χ2n) is 16.3. The van der Waals surface area contributed by atoms with Gasteiger partial charge in [0.1, 0.15) is 24.2 Å². The number of phenols is 1. The lowest BCUT2D eigenvalue weighted by molar-refractivity contribution is -0.0336. The van der Waals surface area contributed by atoms with E-state index in [4.69, 9.17) is 21.1 Å². The molecule has 326 valence electrons. The minimum atomic E-state index is -0.898. The van der Waals surface area contributed by atoms with Crippen molar-refractivity contribution in [3.63, 3.8) is 0 Å². The normalized spacial score (nSPS) is 17.8. The lowest BCUT2D eigenvalue weighted by Gasteiger charge is -2.43. The maximum atomic E-state index is 14.0. The molecule has 5 aromatic carbocycles. The number of hydrogen-bond donors (Lipinski definition) is 5. The Morgan fingerprint density at radius 3 is 2.41 bits per heavy atom. The molecule has 0 aliphatic carbocycles. The number of carbonyl (C=O) groups is 2. The molecule has 0 spiro atoms. The molecule has 3 aliphatic heterocycles. The van der Waals surface area contributed by atoms with Crippen LogP contribution in [-0.4, -0.2) is 82.4 Å². The summed E-state index contributed by atoms with van der Waals surface area (Å²) < 4.78 is 12.3. The van der Waals surface area contributed by atoms with E-state index in [2.05, 4.69) is 20.5 Å². The lowest BCUT2D eigenvalue weighted by atomic mass is 9.86. The number of nitrogens with one attached hydrogen (secondary N) is 3. The summed E-state index contributed by atoms with van der Waals surface area (Å²) in [4.78, 5) is 45.9. The molecule has 63 heavy (non-hydrogen) atoms. The smallest absolute Gasteiger partial charge is 0.408 e. The molecule has 6 aromatic rings. The summed E-state index contributed by atoms with van der Waals surface area (Å²) in [7, 11) is 0. The molecule has 3 atom stereocenters. The van der Waals surface area contributed by atoms with Gasteiger partial charge in [-0.3, -0.25) is 14.5 Å². The number of piperidine rings is 3. The molecule has 3 aliphatic rings. The first-order valence-corrected chi connectivity index (χ1v) is 21.9. The summed E-state index contributed by atoms with van der Waals surface area (Å²) in [5.74, 6) is 0.832. The number of aromatic hydroxyl groups is 1. The largest absolute Gasteiger partial charge is 0.506 e. The summed E-state index contributed by atoms with van der Waals surface area (Å²) in [6.07, 6.45) is 1.29. The second kappa shape index (κ2) is 20.3. The lowest BCUT2D eigenvalue weighted by Crippen LogP contribution is -2.52. The standard InChI is InChI=1S/C50H52ClN5O7/c51-42-13-5-4-10-38(42)30-56(25-7-24-52-29-44(58)40-18-20-43(57)48-41(40)19-21-46(59)53-48)49(60)36-16-14-33(15-17-36)32-62-39-12-6-11-37(28-39)47(35-8-2-1-3-9-35)54-50(61)63-45-31-55-26-22-34(45)23-27-55/h1-6,8-21,28,34,44-45,47,52,57-58H,7,22-27,29-32H2,(H,53,59)(H,54,61)/t44-,45+,47?/m1/s1. The molecule has 9 rings (SSSR count). The van der Waals surface area contributed by atoms with Gasteiger partial charge in [-0.25, -0.2) is 4.79 Å². The number of halogens is 1. The van der Waals surface area contributed by atoms with Gasteiger partial charge in [-0.2, -0.15) is 0 Å². The van der Waals surface area contributed by atoms with Crippen LogP contribution < -0.4 is 20.9 Å². The first-order valence-electron chi connectivity index (χ1n) is 21.5. The highest BCUT2D eigenvalue weighted by Crippen LogP contribution is 2.32. The van der Waals surface area contributed by atoms with Crippen molar-refractivity contribution >= 4 is 34.5 Å². The number of aliphatic hydroxyl groups is 1. The third kappa shape index (κ3) is 10.9. The van der Waals surface area contributed by atoms with Crippen LogP contribution in [0.25, 0.3) is 10.9 Å². The molecular formula is C50H52ClN5O7. The van der Waals surface area contributed by atoms with Crippen molar-refractivity contribution < 1.29 is 29.3 Å². The summed E-state index contributed by atoms with van der Waals surface area (Å²) >= 11 is 6.54. The van der Waals surface area contributed by atoms with Crippen LogP contribution in [0.15, 0.2) is 132 Å². The van der Waals surface area contributed by atoms with Crippen molar-refractivity contribution in [1.82, 2.24) is 25.4 Å². The number of aromatic nitrogens is 1. The Morgan fingerprint density at radius 2 is 1.65 bits per heavy atom. The van der Waals surface area contributed by atoms with Crippen molar-refractivity contribution in [3.8, 4) is 11.5 Å². The molecule has 13 heteroatoms. The van der Waals surface area contributed by atoms with E-state index in [9.17, 15) is 24.6 Å². The zero-order chi connectivity index (χ0) is 43.7. The number of nitrogens with zero attached hydrogens (tertiary/aromatic N) is 2. The van der Waals surface area contributed by atoms with Crippen LogP contribution in [0.1, 0.15) is 69.6 Å². The molecule has 0 radical (unpaired) electrons. The predicted molar refractivity (Wildman–Crippen MR) is 243 cm³/mol. The van der Waals surface area contributed by atoms with Gasteiger partial charge in [-0.15, -0.1) is 0 Å². The number of aliphatic hydroxyl groups excluding tert-OH is 1. The Hall–Kier alpha value is -6.18. The molecule has 1 unspecified atom stereocenters. The minimum Gasteiger partial charge on any atom is -0.506 e. The van der Waals surface area contributed by atoms with Crippen LogP contribution in [-0.2, 0) is 17.9 Å². The SMILES string of the molecule is O=C(NC(c1ccccc1)c1cccc(OCc2ccc(C(=O)N(CCCNC[C@@H](O)c3ccc(O)c4[nH]c(=O)ccc34)Cc3ccccc3Cl)cc2)c1)O[C@H]1CN2CCC1CC2. The van der Waals surface area contributed by atoms with E-state index < -0.39 is 18.2 Å². The average Bonchev–Trinajstić information content (AvgIpc) is 3.31. The quantitative estimate of drug-likeness (QED) is 0.0579. The molecular weight excluding hydrogens is 818 g/mol. The number of rotatable bonds is 17. The fourth-order valence-corrected chi connectivity index (χ4v) is 8.79. The van der Waals surface area contributed by atoms with Gasteiger partial charge < -0.3 is 40.2 Å². The molecule has 1 aromatic heterocycles. The second-order valence-corrected chi connectivity index (χ2v) is 16.7. The van der Waals surface area contributed by atoms with Gasteiger partial charge in [0.15, 0.2) is 0 Å². The zero-order valence-corrected chi connectivity index (χ0v) is 35.7. The number of ether oxygens (including phenoxy) is 2. The number of amides is 2. The first kappa shape index (κ1) is 43.5. The Labute approximate surface area is 371 Å². The van der Waals surface area contributed by atoms with Crippen molar-refractivity contribution in [2.24, 2.45) is 5.92 Å². The molecule has 12 nitrogen and oxygen atoms in total. The van der Waals surface area contributed by atoms with Crippen LogP contribution in [0.5, 0.6) is 11.5 Å². The number of benzene rings is 5. The van der Waals surface area contributed by atoms with Crippen molar-refractivity contribution in [2.45, 2.75) is 50.7 Å². The van der Waals surface area contributed by atoms with E-state index in [1.807, 2.05) is 84.9 Å². The molecule has 0 saturated carbocycles. The molecule has 3 saturated heterocycles. The van der Waals surface area contributed by atoms with Gasteiger partial charge >= 0.3 is 6.09 Å². The van der Waals surface area contributed by atoms with E-state index in [0.29, 0.717) is 59.3 Å². The monoisotopic (exact) mass is 869 g/mol. The van der Waals surface area contributed by atoms with E-state index in [1.54, 1.807) is 35.2 Å². The fourth-order valence-electron chi connectivity index (χ4n) is 8.59. The highest BCUT2D eigenvalue weighted by molar-refractivity contribution is 6.31. The van der Waals surface area contributed by atoms with Gasteiger partial charge in [-0.1, -0.05) is 90.5 Å². The highest BCUT2D eigenvalue weighted by Gasteiger charge is 2.37. The maximum Gasteiger partial charge on any atom is 0.408 e. The molecule has 4 heterocycles. The van der Waals surface area contributed by atoms with E-state index in [-0.39, 0.29) is 42.0 Å². The van der Waals surface area contributed by atoms with E-state index >= 15 is 0 Å². The fraction of sp³-hybridized carbons (Fsp3) is 0.300. The molecule has 5 N–H and O–H groups in total. The number of aromatic amines is 1. The zero-order valence-electron chi connectivity index (χ0n) is 34.9. The number of fused-ring (bicyclic) bond motifs is 4. The van der Waals surface area contributed by atoms with E-state index in [1.165, 1.54) is 12.1 Å². The topological polar surface area (TPSA) is 156 Å². The van der Waals surface area contributed by atoms with Crippen LogP contribution >= 0.6 is 11.6 Å². The minimum absolute atomic E-state index is 0.0683. The van der Waals surface area contributed by atoms with Crippen molar-refractivity contribution in [2.75, 3.05) is 39.3 Å². The number of H-pyrrole nitrogens is 1. The van der Waals surface area contributed by atoms with Gasteiger partial charge in [0.05, 0.1) is 17.7 Å². The van der Waals surface area contributed by atoms with Crippen LogP contribution in [0.2, 0.25) is 5.02 Å². The summed E-state index contributed by atoms with van der Waals surface area (Å²) in [5.41, 5.74) is 4.53. The predicted octanol–water partition coefficient (Wildman–Crippen LogP) is 7.73. The molecule has 3 fully saturated rings. The van der Waals surface area contributed by atoms with Crippen molar-refractivity contribution in [1.29, 1.82) is 0 Å². The molecule has 2 bridgehead atoms. The number of carbonyl (C=O) groups excluding carboxylic acids is 2. The first-order chi connectivity index (χ1) is 30.7. The van der Waals surface area contributed by atoms with Gasteiger partial charge in [0, 0.05) is 48.2 Å². The number of hydrogen-bond acceptors (Lipinski definition) is 9. The number of alkyl carbamates (subject to hydrolysis) is 1. The molecule has 2 amide bonds. The maximum absolute atomic E-state index is 14.0.